The molecule has 0 unspecified atom stereocenters. The van der Waals surface area contributed by atoms with Crippen molar-refractivity contribution in [1.29, 1.82) is 0 Å². The summed E-state index contributed by atoms with van der Waals surface area (Å²) >= 11 is 0. The molecular formula is C25H28N4O2. The van der Waals surface area contributed by atoms with E-state index >= 15 is 0 Å². The van der Waals surface area contributed by atoms with E-state index < -0.39 is 0 Å². The Morgan fingerprint density at radius 1 is 1.06 bits per heavy atom. The highest BCUT2D eigenvalue weighted by Gasteiger charge is 2.26. The number of rotatable bonds is 3. The fraction of sp³-hybridized carbons (Fsp3) is 0.360. The Kier molecular flexibility index (Phi) is 4.93. The zero-order valence-corrected chi connectivity index (χ0v) is 18.4. The van der Waals surface area contributed by atoms with E-state index in [0.717, 1.165) is 54.3 Å². The molecule has 3 aromatic rings. The van der Waals surface area contributed by atoms with Crippen LogP contribution in [0.3, 0.4) is 0 Å². The fourth-order valence-electron chi connectivity index (χ4n) is 4.57. The third kappa shape index (κ3) is 3.56. The van der Waals surface area contributed by atoms with Crippen molar-refractivity contribution in [2.45, 2.75) is 33.9 Å². The van der Waals surface area contributed by atoms with E-state index in [1.54, 1.807) is 0 Å². The van der Waals surface area contributed by atoms with Crippen LogP contribution in [0.1, 0.15) is 22.3 Å². The summed E-state index contributed by atoms with van der Waals surface area (Å²) in [6, 6.07) is 12.6. The number of anilines is 1. The maximum atomic E-state index is 13.1. The van der Waals surface area contributed by atoms with Gasteiger partial charge in [0.2, 0.25) is 5.91 Å². The van der Waals surface area contributed by atoms with Gasteiger partial charge in [-0.1, -0.05) is 23.8 Å². The Balaban J connectivity index is 1.30. The molecule has 2 aliphatic heterocycles. The van der Waals surface area contributed by atoms with Crippen molar-refractivity contribution in [1.82, 2.24) is 14.7 Å². The van der Waals surface area contributed by atoms with Crippen LogP contribution in [-0.2, 0) is 17.9 Å². The quantitative estimate of drug-likeness (QED) is 0.653. The maximum Gasteiger partial charge on any atom is 0.244 e. The molecule has 6 heteroatoms. The van der Waals surface area contributed by atoms with E-state index in [1.807, 2.05) is 27.9 Å². The van der Waals surface area contributed by atoms with Gasteiger partial charge in [-0.3, -0.25) is 9.48 Å². The molecule has 0 bridgehead atoms. The molecule has 0 aliphatic carbocycles. The van der Waals surface area contributed by atoms with Crippen LogP contribution >= 0.6 is 0 Å². The summed E-state index contributed by atoms with van der Waals surface area (Å²) < 4.78 is 7.70. The molecule has 1 amide bonds. The van der Waals surface area contributed by atoms with Crippen LogP contribution in [0, 0.1) is 20.8 Å². The number of nitrogens with zero attached hydrogens (tertiary/aromatic N) is 4. The highest BCUT2D eigenvalue weighted by Crippen LogP contribution is 2.38. The monoisotopic (exact) mass is 416 g/mol. The first-order valence-electron chi connectivity index (χ1n) is 10.9. The van der Waals surface area contributed by atoms with Crippen molar-refractivity contribution < 1.29 is 9.53 Å². The number of benzene rings is 2. The predicted octanol–water partition coefficient (Wildman–Crippen LogP) is 3.72. The molecule has 6 nitrogen and oxygen atoms in total. The molecular weight excluding hydrogens is 388 g/mol. The third-order valence-corrected chi connectivity index (χ3v) is 6.52. The number of amides is 1. The minimum atomic E-state index is 0.118. The standard InChI is InChI=1S/C25H28N4O2/c1-17-7-8-23-21(13-17)25-20(16-31-23)14-26-29(25)15-24(30)28-11-9-27(10-12-28)22-6-4-5-18(2)19(22)3/h4-8,13-14H,9-12,15-16H2,1-3H3. The summed E-state index contributed by atoms with van der Waals surface area (Å²) in [5.74, 6) is 0.974. The summed E-state index contributed by atoms with van der Waals surface area (Å²) in [7, 11) is 0. The van der Waals surface area contributed by atoms with Gasteiger partial charge < -0.3 is 14.5 Å². The first-order valence-corrected chi connectivity index (χ1v) is 10.9. The number of hydrogen-bond donors (Lipinski definition) is 0. The van der Waals surface area contributed by atoms with Crippen molar-refractivity contribution in [3.63, 3.8) is 0 Å². The van der Waals surface area contributed by atoms with E-state index in [4.69, 9.17) is 4.74 Å². The lowest BCUT2D eigenvalue weighted by atomic mass is 10.0. The van der Waals surface area contributed by atoms with Gasteiger partial charge in [0.25, 0.3) is 0 Å². The summed E-state index contributed by atoms with van der Waals surface area (Å²) in [5.41, 5.74) is 8.13. The van der Waals surface area contributed by atoms with Gasteiger partial charge in [-0.25, -0.2) is 0 Å². The molecule has 3 heterocycles. The average molecular weight is 417 g/mol. The van der Waals surface area contributed by atoms with Gasteiger partial charge in [0.1, 0.15) is 18.9 Å². The van der Waals surface area contributed by atoms with E-state index in [2.05, 4.69) is 55.0 Å². The van der Waals surface area contributed by atoms with Gasteiger partial charge in [0, 0.05) is 43.0 Å². The maximum absolute atomic E-state index is 13.1. The minimum Gasteiger partial charge on any atom is -0.488 e. The molecule has 160 valence electrons. The van der Waals surface area contributed by atoms with Crippen molar-refractivity contribution in [2.75, 3.05) is 31.1 Å². The van der Waals surface area contributed by atoms with Crippen LogP contribution in [0.25, 0.3) is 11.3 Å². The fourth-order valence-corrected chi connectivity index (χ4v) is 4.57. The number of fused-ring (bicyclic) bond motifs is 3. The molecule has 0 saturated carbocycles. The number of piperazine rings is 1. The lowest BCUT2D eigenvalue weighted by molar-refractivity contribution is -0.132. The first kappa shape index (κ1) is 19.7. The van der Waals surface area contributed by atoms with Gasteiger partial charge in [-0.15, -0.1) is 0 Å². The number of hydrogen-bond acceptors (Lipinski definition) is 4. The van der Waals surface area contributed by atoms with E-state index in [0.29, 0.717) is 6.61 Å². The normalized spacial score (nSPS) is 15.3. The molecule has 2 aromatic carbocycles. The zero-order valence-electron chi connectivity index (χ0n) is 18.4. The highest BCUT2D eigenvalue weighted by atomic mass is 16.5. The molecule has 0 atom stereocenters. The topological polar surface area (TPSA) is 50.6 Å². The van der Waals surface area contributed by atoms with E-state index in [-0.39, 0.29) is 12.5 Å². The van der Waals surface area contributed by atoms with Gasteiger partial charge >= 0.3 is 0 Å². The largest absolute Gasteiger partial charge is 0.488 e. The number of carbonyl (C=O) groups excluding carboxylic acids is 1. The Morgan fingerprint density at radius 2 is 1.87 bits per heavy atom. The van der Waals surface area contributed by atoms with Crippen molar-refractivity contribution in [2.24, 2.45) is 0 Å². The van der Waals surface area contributed by atoms with Crippen LogP contribution in [0.4, 0.5) is 5.69 Å². The summed E-state index contributed by atoms with van der Waals surface area (Å²) in [6.07, 6.45) is 1.83. The van der Waals surface area contributed by atoms with Crippen LogP contribution in [0.5, 0.6) is 5.75 Å². The second-order valence-electron chi connectivity index (χ2n) is 8.55. The summed E-state index contributed by atoms with van der Waals surface area (Å²) in [6.45, 7) is 10.3. The van der Waals surface area contributed by atoms with Crippen molar-refractivity contribution >= 4 is 11.6 Å². The third-order valence-electron chi connectivity index (χ3n) is 6.52. The van der Waals surface area contributed by atoms with E-state index in [1.165, 1.54) is 16.8 Å². The van der Waals surface area contributed by atoms with Gasteiger partial charge in [0.05, 0.1) is 11.9 Å². The molecule has 1 aromatic heterocycles. The second-order valence-corrected chi connectivity index (χ2v) is 8.55. The Labute approximate surface area is 183 Å². The van der Waals surface area contributed by atoms with Crippen molar-refractivity contribution in [3.8, 4) is 17.0 Å². The molecule has 1 saturated heterocycles. The number of carbonyl (C=O) groups is 1. The van der Waals surface area contributed by atoms with Gasteiger partial charge in [0.15, 0.2) is 0 Å². The Hall–Kier alpha value is -3.28. The minimum absolute atomic E-state index is 0.118. The SMILES string of the molecule is Cc1ccc2c(c1)-c1c(cnn1CC(=O)N1CCN(c3cccc(C)c3C)CC1)CO2. The van der Waals surface area contributed by atoms with Gasteiger partial charge in [-0.05, 0) is 50.1 Å². The molecule has 5 rings (SSSR count). The predicted molar refractivity (Wildman–Crippen MR) is 121 cm³/mol. The van der Waals surface area contributed by atoms with Crippen molar-refractivity contribution in [3.05, 3.63) is 64.8 Å². The van der Waals surface area contributed by atoms with E-state index in [9.17, 15) is 4.79 Å². The lowest BCUT2D eigenvalue weighted by Gasteiger charge is -2.37. The molecule has 1 fully saturated rings. The number of aromatic nitrogens is 2. The van der Waals surface area contributed by atoms with Crippen LogP contribution < -0.4 is 9.64 Å². The molecule has 0 spiro atoms. The second kappa shape index (κ2) is 7.76. The average Bonchev–Trinajstić information content (AvgIpc) is 3.19. The Bertz CT molecular complexity index is 1140. The number of aryl methyl sites for hydroxylation is 2. The molecule has 2 aliphatic rings. The van der Waals surface area contributed by atoms with Gasteiger partial charge in [-0.2, -0.15) is 5.10 Å². The summed E-state index contributed by atoms with van der Waals surface area (Å²) in [4.78, 5) is 17.5. The Morgan fingerprint density at radius 3 is 2.68 bits per heavy atom. The van der Waals surface area contributed by atoms with Crippen LogP contribution in [0.2, 0.25) is 0 Å². The molecule has 0 radical (unpaired) electrons. The molecule has 0 N–H and O–H groups in total. The summed E-state index contributed by atoms with van der Waals surface area (Å²) in [5, 5.41) is 4.52. The highest BCUT2D eigenvalue weighted by molar-refractivity contribution is 5.79. The van der Waals surface area contributed by atoms with Crippen LogP contribution in [-0.4, -0.2) is 46.8 Å². The number of ether oxygens (including phenoxy) is 1. The first-order chi connectivity index (χ1) is 15.0. The van der Waals surface area contributed by atoms with Crippen LogP contribution in [0.15, 0.2) is 42.6 Å². The molecule has 31 heavy (non-hydrogen) atoms. The smallest absolute Gasteiger partial charge is 0.244 e. The lowest BCUT2D eigenvalue weighted by Crippen LogP contribution is -2.49. The zero-order chi connectivity index (χ0) is 21.5.